The van der Waals surface area contributed by atoms with E-state index in [1.807, 2.05) is 19.1 Å². The van der Waals surface area contributed by atoms with Crippen LogP contribution < -0.4 is 10.6 Å². The topological polar surface area (TPSA) is 29.3 Å². The second kappa shape index (κ2) is 5.71. The zero-order valence-electron chi connectivity index (χ0n) is 10.5. The lowest BCUT2D eigenvalue weighted by Crippen LogP contribution is -2.32. The van der Waals surface area contributed by atoms with E-state index in [1.54, 1.807) is 0 Å². The number of rotatable bonds is 5. The number of hydrogen-bond donors (Lipinski definition) is 1. The summed E-state index contributed by atoms with van der Waals surface area (Å²) in [5.74, 6) is 0. The number of nitrogens with zero attached hydrogens (tertiary/aromatic N) is 1. The lowest BCUT2D eigenvalue weighted by molar-refractivity contribution is 0.708. The third-order valence-electron chi connectivity index (χ3n) is 2.69. The van der Waals surface area contributed by atoms with Crippen molar-refractivity contribution in [2.75, 3.05) is 11.4 Å². The molecule has 0 heterocycles. The summed E-state index contributed by atoms with van der Waals surface area (Å²) in [6.45, 7) is 11.0. The van der Waals surface area contributed by atoms with Crippen LogP contribution in [0.2, 0.25) is 0 Å². The molecule has 1 rings (SSSR count). The van der Waals surface area contributed by atoms with Crippen molar-refractivity contribution in [1.29, 1.82) is 0 Å². The third kappa shape index (κ3) is 2.86. The molecule has 0 bridgehead atoms. The summed E-state index contributed by atoms with van der Waals surface area (Å²) >= 11 is 0. The highest BCUT2D eigenvalue weighted by Gasteiger charge is 2.14. The molecule has 0 aliphatic rings. The number of benzene rings is 1. The Morgan fingerprint density at radius 3 is 2.44 bits per heavy atom. The normalized spacial score (nSPS) is 12.6. The maximum atomic E-state index is 6.00. The molecule has 0 amide bonds. The van der Waals surface area contributed by atoms with Gasteiger partial charge in [0.2, 0.25) is 0 Å². The molecule has 16 heavy (non-hydrogen) atoms. The molecule has 2 nitrogen and oxygen atoms in total. The summed E-state index contributed by atoms with van der Waals surface area (Å²) in [5.41, 5.74) is 8.40. The summed E-state index contributed by atoms with van der Waals surface area (Å²) < 4.78 is 0. The minimum atomic E-state index is 0.0577. The van der Waals surface area contributed by atoms with Gasteiger partial charge in [-0.15, -0.1) is 6.58 Å². The van der Waals surface area contributed by atoms with Crippen LogP contribution in [0.25, 0.3) is 0 Å². The Morgan fingerprint density at radius 1 is 1.31 bits per heavy atom. The molecule has 0 aliphatic heterocycles. The molecule has 0 aliphatic carbocycles. The van der Waals surface area contributed by atoms with Crippen LogP contribution in [0, 0.1) is 0 Å². The molecule has 0 radical (unpaired) electrons. The second-order valence-electron chi connectivity index (χ2n) is 4.38. The van der Waals surface area contributed by atoms with E-state index >= 15 is 0 Å². The Kier molecular flexibility index (Phi) is 4.56. The van der Waals surface area contributed by atoms with E-state index in [0.29, 0.717) is 6.04 Å². The van der Waals surface area contributed by atoms with Gasteiger partial charge in [-0.3, -0.25) is 0 Å². The molecule has 0 aromatic heterocycles. The van der Waals surface area contributed by atoms with E-state index in [-0.39, 0.29) is 6.04 Å². The third-order valence-corrected chi connectivity index (χ3v) is 2.69. The van der Waals surface area contributed by atoms with E-state index in [0.717, 1.165) is 6.54 Å². The smallest absolute Gasteiger partial charge is 0.0419 e. The van der Waals surface area contributed by atoms with Crippen LogP contribution in [-0.2, 0) is 0 Å². The Bertz CT molecular complexity index is 342. The first-order valence-electron chi connectivity index (χ1n) is 5.80. The monoisotopic (exact) mass is 218 g/mol. The van der Waals surface area contributed by atoms with Crippen molar-refractivity contribution in [3.8, 4) is 0 Å². The molecular weight excluding hydrogens is 196 g/mol. The molecular formula is C14H22N2. The van der Waals surface area contributed by atoms with Crippen molar-refractivity contribution >= 4 is 5.69 Å². The summed E-state index contributed by atoms with van der Waals surface area (Å²) in [6, 6.07) is 8.81. The number of para-hydroxylation sites is 1. The minimum absolute atomic E-state index is 0.0577. The predicted molar refractivity (Wildman–Crippen MR) is 71.7 cm³/mol. The minimum Gasteiger partial charge on any atom is -0.365 e. The molecule has 0 saturated heterocycles. The summed E-state index contributed by atoms with van der Waals surface area (Å²) in [7, 11) is 0. The Morgan fingerprint density at radius 2 is 1.94 bits per heavy atom. The van der Waals surface area contributed by atoms with E-state index in [2.05, 4.69) is 43.5 Å². The lowest BCUT2D eigenvalue weighted by Gasteiger charge is -2.30. The van der Waals surface area contributed by atoms with Crippen LogP contribution in [0.3, 0.4) is 0 Å². The van der Waals surface area contributed by atoms with Crippen LogP contribution in [-0.4, -0.2) is 12.6 Å². The zero-order chi connectivity index (χ0) is 12.1. The Labute approximate surface area is 98.8 Å². The first-order chi connectivity index (χ1) is 7.57. The molecule has 1 aromatic carbocycles. The van der Waals surface area contributed by atoms with Crippen molar-refractivity contribution in [3.63, 3.8) is 0 Å². The standard InChI is InChI=1S/C14H22N2/c1-5-10-16(11(2)3)14-9-7-6-8-13(14)12(4)15/h5-9,11-12H,1,10,15H2,2-4H3/t12-/m0/s1. The van der Waals surface area contributed by atoms with Gasteiger partial charge < -0.3 is 10.6 Å². The van der Waals surface area contributed by atoms with Gasteiger partial charge in [0.25, 0.3) is 0 Å². The van der Waals surface area contributed by atoms with Crippen LogP contribution in [0.5, 0.6) is 0 Å². The zero-order valence-corrected chi connectivity index (χ0v) is 10.5. The SMILES string of the molecule is C=CCN(c1ccccc1[C@H](C)N)C(C)C. The first kappa shape index (κ1) is 12.8. The molecule has 0 saturated carbocycles. The Balaban J connectivity index is 3.12. The van der Waals surface area contributed by atoms with Crippen molar-refractivity contribution in [3.05, 3.63) is 42.5 Å². The molecule has 2 N–H and O–H groups in total. The maximum absolute atomic E-state index is 6.00. The first-order valence-corrected chi connectivity index (χ1v) is 5.80. The van der Waals surface area contributed by atoms with E-state index in [9.17, 15) is 0 Å². The van der Waals surface area contributed by atoms with E-state index in [1.165, 1.54) is 11.3 Å². The van der Waals surface area contributed by atoms with Crippen molar-refractivity contribution in [2.24, 2.45) is 5.73 Å². The summed E-state index contributed by atoms with van der Waals surface area (Å²) in [6.07, 6.45) is 1.93. The van der Waals surface area contributed by atoms with E-state index < -0.39 is 0 Å². The van der Waals surface area contributed by atoms with Gasteiger partial charge in [0.15, 0.2) is 0 Å². The van der Waals surface area contributed by atoms with Crippen LogP contribution in [0.1, 0.15) is 32.4 Å². The number of anilines is 1. The average Bonchev–Trinajstić information content (AvgIpc) is 2.25. The van der Waals surface area contributed by atoms with Crippen molar-refractivity contribution in [1.82, 2.24) is 0 Å². The van der Waals surface area contributed by atoms with Crippen LogP contribution in [0.4, 0.5) is 5.69 Å². The molecule has 0 fully saturated rings. The predicted octanol–water partition coefficient (Wildman–Crippen LogP) is 3.11. The highest BCUT2D eigenvalue weighted by atomic mass is 15.1. The van der Waals surface area contributed by atoms with Gasteiger partial charge in [-0.25, -0.2) is 0 Å². The quantitative estimate of drug-likeness (QED) is 0.769. The van der Waals surface area contributed by atoms with Crippen molar-refractivity contribution < 1.29 is 0 Å². The number of nitrogens with two attached hydrogens (primary N) is 1. The molecule has 1 aromatic rings. The highest BCUT2D eigenvalue weighted by molar-refractivity contribution is 5.55. The second-order valence-corrected chi connectivity index (χ2v) is 4.38. The van der Waals surface area contributed by atoms with Gasteiger partial charge in [0.05, 0.1) is 0 Å². The fraction of sp³-hybridized carbons (Fsp3) is 0.429. The lowest BCUT2D eigenvalue weighted by atomic mass is 10.0. The molecule has 2 heteroatoms. The van der Waals surface area contributed by atoms with Gasteiger partial charge >= 0.3 is 0 Å². The van der Waals surface area contributed by atoms with Gasteiger partial charge in [-0.1, -0.05) is 24.3 Å². The van der Waals surface area contributed by atoms with Gasteiger partial charge in [0, 0.05) is 24.3 Å². The molecule has 88 valence electrons. The highest BCUT2D eigenvalue weighted by Crippen LogP contribution is 2.26. The van der Waals surface area contributed by atoms with Gasteiger partial charge in [-0.05, 0) is 32.4 Å². The summed E-state index contributed by atoms with van der Waals surface area (Å²) in [5, 5.41) is 0. The van der Waals surface area contributed by atoms with Gasteiger partial charge in [-0.2, -0.15) is 0 Å². The average molecular weight is 218 g/mol. The van der Waals surface area contributed by atoms with Gasteiger partial charge in [0.1, 0.15) is 0 Å². The van der Waals surface area contributed by atoms with E-state index in [4.69, 9.17) is 5.73 Å². The molecule has 0 spiro atoms. The fourth-order valence-corrected chi connectivity index (χ4v) is 1.86. The molecule has 1 atom stereocenters. The summed E-state index contributed by atoms with van der Waals surface area (Å²) in [4.78, 5) is 2.31. The van der Waals surface area contributed by atoms with Crippen LogP contribution in [0.15, 0.2) is 36.9 Å². The molecule has 0 unspecified atom stereocenters. The fourth-order valence-electron chi connectivity index (χ4n) is 1.86. The number of hydrogen-bond acceptors (Lipinski definition) is 2. The largest absolute Gasteiger partial charge is 0.365 e. The van der Waals surface area contributed by atoms with Crippen molar-refractivity contribution in [2.45, 2.75) is 32.9 Å². The van der Waals surface area contributed by atoms with Crippen LogP contribution >= 0.6 is 0 Å². The maximum Gasteiger partial charge on any atom is 0.0419 e. The Hall–Kier alpha value is -1.28.